The van der Waals surface area contributed by atoms with Crippen molar-refractivity contribution >= 4 is 101 Å². The lowest BCUT2D eigenvalue weighted by molar-refractivity contribution is -0.279. The predicted molar refractivity (Wildman–Crippen MR) is 359 cm³/mol. The molecule has 17 atom stereocenters. The molecule has 616 valence electrons. The maximum absolute atomic E-state index is 13.9. The van der Waals surface area contributed by atoms with E-state index in [2.05, 4.69) is 42.5 Å². The molecular formula is C66H102N8O35. The molecule has 3 aliphatic rings. The molecule has 0 aliphatic carbocycles. The molecule has 3 fully saturated rings. The molecule has 3 rings (SSSR count). The van der Waals surface area contributed by atoms with Crippen LogP contribution in [0.5, 0.6) is 0 Å². The predicted octanol–water partition coefficient (Wildman–Crippen LogP) is -5.05. The standard InChI is InChI=1S/C66H102N8O35/c1-33(75)70-46(62(90)68-19-22-93-25-28-96-65-54(72-35(3)77)60(105-44(12)86)57(102-41(9)83)49(108-65)31-99-38(6)80)15-17-52(89)74-47(63(91)69-20-23-94-26-29-97-66-55(73-36(4)78)61(106-45(13)87)58(103-42(10)84)50(109-66)32-100-39(7)81)14-16-51(88)67-18-21-92-24-27-95-64-53(71-34(2)76)59(104-43(11)85)56(101-40(8)82)48(107-64)30-98-37(5)79/h46-50,53-61,64-66H,14-32H2,1-13H3,(H,67,88)(H,68,90)(H,69,91)(H,70,75)(H,71,76)(H,72,77)(H,73,78)(H,74,89). The lowest BCUT2D eigenvalue weighted by atomic mass is 9.96. The second kappa shape index (κ2) is 49.6. The normalized spacial score (nSPS) is 24.0. The van der Waals surface area contributed by atoms with Crippen LogP contribution >= 0.6 is 0 Å². The van der Waals surface area contributed by atoms with Crippen LogP contribution < -0.4 is 42.5 Å². The van der Waals surface area contributed by atoms with E-state index in [9.17, 15) is 81.5 Å². The van der Waals surface area contributed by atoms with E-state index in [1.165, 1.54) is 13.8 Å². The smallest absolute Gasteiger partial charge is 0.303 e. The molecule has 3 saturated heterocycles. The average molecular weight is 1570 g/mol. The van der Waals surface area contributed by atoms with Gasteiger partial charge in [0.2, 0.25) is 47.3 Å². The van der Waals surface area contributed by atoms with Gasteiger partial charge in [-0.3, -0.25) is 81.5 Å². The minimum atomic E-state index is -1.41. The zero-order chi connectivity index (χ0) is 81.4. The van der Waals surface area contributed by atoms with Crippen molar-refractivity contribution in [2.45, 2.75) is 220 Å². The molecule has 17 unspecified atom stereocenters. The minimum absolute atomic E-state index is 0.0912. The fraction of sp³-hybridized carbons (Fsp3) is 0.742. The summed E-state index contributed by atoms with van der Waals surface area (Å²) in [6.45, 7) is 11.0. The van der Waals surface area contributed by atoms with Crippen molar-refractivity contribution in [2.24, 2.45) is 0 Å². The summed E-state index contributed by atoms with van der Waals surface area (Å²) < 4.78 is 100. The number of amides is 8. The highest BCUT2D eigenvalue weighted by atomic mass is 16.7. The molecule has 0 aromatic rings. The Balaban J connectivity index is 1.69. The highest BCUT2D eigenvalue weighted by molar-refractivity contribution is 5.90. The topological polar surface area (TPSA) is 553 Å². The van der Waals surface area contributed by atoms with Crippen molar-refractivity contribution in [2.75, 3.05) is 98.9 Å². The van der Waals surface area contributed by atoms with Crippen LogP contribution in [0, 0.1) is 0 Å². The molecule has 0 bridgehead atoms. The molecule has 8 amide bonds. The number of esters is 9. The van der Waals surface area contributed by atoms with E-state index < -0.39 is 231 Å². The zero-order valence-corrected chi connectivity index (χ0v) is 63.0. The molecule has 3 heterocycles. The second-order valence-electron chi connectivity index (χ2n) is 24.5. The largest absolute Gasteiger partial charge is 0.463 e. The van der Waals surface area contributed by atoms with E-state index in [4.69, 9.17) is 85.3 Å². The number of carbonyl (C=O) groups excluding carboxylic acids is 17. The van der Waals surface area contributed by atoms with Crippen molar-refractivity contribution < 1.29 is 167 Å². The summed E-state index contributed by atoms with van der Waals surface area (Å²) in [7, 11) is 0. The van der Waals surface area contributed by atoms with Crippen LogP contribution in [0.2, 0.25) is 0 Å². The van der Waals surface area contributed by atoms with Gasteiger partial charge in [0.15, 0.2) is 55.5 Å². The van der Waals surface area contributed by atoms with Gasteiger partial charge in [-0.1, -0.05) is 0 Å². The van der Waals surface area contributed by atoms with Crippen molar-refractivity contribution in [1.29, 1.82) is 0 Å². The van der Waals surface area contributed by atoms with Gasteiger partial charge in [-0.05, 0) is 12.8 Å². The Kier molecular flexibility index (Phi) is 42.7. The van der Waals surface area contributed by atoms with Crippen molar-refractivity contribution in [3.63, 3.8) is 0 Å². The maximum Gasteiger partial charge on any atom is 0.303 e. The lowest BCUT2D eigenvalue weighted by Crippen LogP contribution is -2.66. The Hall–Kier alpha value is -9.37. The first-order chi connectivity index (χ1) is 51.5. The van der Waals surface area contributed by atoms with Gasteiger partial charge in [-0.15, -0.1) is 0 Å². The molecule has 8 N–H and O–H groups in total. The fourth-order valence-electron chi connectivity index (χ4n) is 11.0. The number of rotatable bonds is 46. The Bertz CT molecular complexity index is 3090. The molecule has 0 spiro atoms. The van der Waals surface area contributed by atoms with E-state index in [-0.39, 0.29) is 98.4 Å². The minimum Gasteiger partial charge on any atom is -0.463 e. The zero-order valence-electron chi connectivity index (χ0n) is 63.0. The van der Waals surface area contributed by atoms with Crippen LogP contribution in [0.4, 0.5) is 0 Å². The van der Waals surface area contributed by atoms with Crippen LogP contribution in [-0.2, 0) is 167 Å². The summed E-state index contributed by atoms with van der Waals surface area (Å²) in [5.41, 5.74) is 0. The summed E-state index contributed by atoms with van der Waals surface area (Å²) in [6.07, 6.45) is -17.6. The second-order valence-corrected chi connectivity index (χ2v) is 24.5. The van der Waals surface area contributed by atoms with Gasteiger partial charge in [0, 0.05) is 122 Å². The van der Waals surface area contributed by atoms with Gasteiger partial charge in [-0.25, -0.2) is 0 Å². The highest BCUT2D eigenvalue weighted by Crippen LogP contribution is 2.31. The van der Waals surface area contributed by atoms with Crippen LogP contribution in [0.25, 0.3) is 0 Å². The molecule has 0 radical (unpaired) electrons. The van der Waals surface area contributed by atoms with Crippen LogP contribution in [-0.4, -0.2) is 304 Å². The third kappa shape index (κ3) is 37.1. The van der Waals surface area contributed by atoms with Crippen molar-refractivity contribution in [3.05, 3.63) is 0 Å². The summed E-state index contributed by atoms with van der Waals surface area (Å²) in [5, 5.41) is 20.6. The SMILES string of the molecule is CC(=O)NC(CCC(=O)NC(CCC(=O)NCCOCCOC1OC(COC(C)=O)C(OC(C)=O)C(OC(C)=O)C1NC(C)=O)C(=O)NCCOCCOC1OC(COC(C)=O)C(OC(C)=O)C(OC(C)=O)C1NC(C)=O)C(=O)NCCOCCOC1OC(COC(C)=O)C(OC(C)=O)C(OC(C)=O)C1NC(C)=O. The highest BCUT2D eigenvalue weighted by Gasteiger charge is 2.54. The van der Waals surface area contributed by atoms with Crippen LogP contribution in [0.3, 0.4) is 0 Å². The Morgan fingerprint density at radius 1 is 0.303 bits per heavy atom. The van der Waals surface area contributed by atoms with E-state index in [1.54, 1.807) is 0 Å². The van der Waals surface area contributed by atoms with Gasteiger partial charge in [-0.2, -0.15) is 0 Å². The summed E-state index contributed by atoms with van der Waals surface area (Å²) in [4.78, 5) is 212. The molecule has 43 nitrogen and oxygen atoms in total. The first-order valence-corrected chi connectivity index (χ1v) is 34.6. The molecular weight excluding hydrogens is 1460 g/mol. The van der Waals surface area contributed by atoms with E-state index in [0.29, 0.717) is 0 Å². The number of hydrogen-bond donors (Lipinski definition) is 8. The molecule has 0 aromatic carbocycles. The van der Waals surface area contributed by atoms with Gasteiger partial charge in [0.1, 0.15) is 68.3 Å². The Morgan fingerprint density at radius 3 is 0.853 bits per heavy atom. The molecule has 0 aromatic heterocycles. The van der Waals surface area contributed by atoms with Gasteiger partial charge in [0.05, 0.1) is 59.5 Å². The average Bonchev–Trinajstić information content (AvgIpc) is 0.800. The molecule has 3 aliphatic heterocycles. The molecule has 109 heavy (non-hydrogen) atoms. The Labute approximate surface area is 627 Å². The number of nitrogens with one attached hydrogen (secondary N) is 8. The van der Waals surface area contributed by atoms with Crippen molar-refractivity contribution in [3.8, 4) is 0 Å². The number of carbonyl (C=O) groups is 17. The van der Waals surface area contributed by atoms with Crippen LogP contribution in [0.1, 0.15) is 116 Å². The monoisotopic (exact) mass is 1570 g/mol. The summed E-state index contributed by atoms with van der Waals surface area (Å²) in [6, 6.07) is -6.48. The van der Waals surface area contributed by atoms with Gasteiger partial charge < -0.3 is 128 Å². The van der Waals surface area contributed by atoms with E-state index in [1.807, 2.05) is 0 Å². The van der Waals surface area contributed by atoms with Crippen LogP contribution in [0.15, 0.2) is 0 Å². The number of hydrogen-bond acceptors (Lipinski definition) is 35. The third-order valence-corrected chi connectivity index (χ3v) is 15.1. The molecule has 43 heteroatoms. The summed E-state index contributed by atoms with van der Waals surface area (Å²) in [5.74, 6) is -12.4. The number of ether oxygens (including phenoxy) is 18. The van der Waals surface area contributed by atoms with E-state index >= 15 is 0 Å². The first-order valence-electron chi connectivity index (χ1n) is 34.6. The van der Waals surface area contributed by atoms with E-state index in [0.717, 1.165) is 76.2 Å². The van der Waals surface area contributed by atoms with Gasteiger partial charge >= 0.3 is 53.7 Å². The maximum atomic E-state index is 13.9. The Morgan fingerprint density at radius 2 is 0.578 bits per heavy atom. The lowest BCUT2D eigenvalue weighted by Gasteiger charge is -2.44. The van der Waals surface area contributed by atoms with Crippen molar-refractivity contribution in [1.82, 2.24) is 42.5 Å². The quantitative estimate of drug-likeness (QED) is 0.0161. The van der Waals surface area contributed by atoms with Gasteiger partial charge in [0.25, 0.3) is 0 Å². The fourth-order valence-corrected chi connectivity index (χ4v) is 11.0. The summed E-state index contributed by atoms with van der Waals surface area (Å²) >= 11 is 0. The first kappa shape index (κ1) is 93.8. The molecule has 0 saturated carbocycles. The third-order valence-electron chi connectivity index (χ3n) is 15.1.